The Labute approximate surface area is 227 Å². The smallest absolute Gasteiger partial charge is 0.105 e. The van der Waals surface area contributed by atoms with Crippen molar-refractivity contribution in [1.29, 1.82) is 0 Å². The standard InChI is InChI=1S/C30H50N4S2/c1-25-5-21-6-26(2,13-25)16-29(9-21,15-25)19-33-23(31)11-35-36-12-24(32)34-20-30-10-22-7-27(3,17-30)14-28(4,8-22)18-30/h21-22H,5-20H2,1-4H3,(H2,31,33)(H2,32,34). The highest BCUT2D eigenvalue weighted by atomic mass is 33.1. The summed E-state index contributed by atoms with van der Waals surface area (Å²) in [7, 11) is 3.58. The van der Waals surface area contributed by atoms with E-state index in [2.05, 4.69) is 27.7 Å². The molecule has 0 amide bonds. The highest BCUT2D eigenvalue weighted by molar-refractivity contribution is 8.77. The van der Waals surface area contributed by atoms with Gasteiger partial charge in [-0.1, -0.05) is 49.3 Å². The van der Waals surface area contributed by atoms with Crippen molar-refractivity contribution in [3.8, 4) is 0 Å². The van der Waals surface area contributed by atoms with E-state index in [9.17, 15) is 0 Å². The van der Waals surface area contributed by atoms with Crippen molar-refractivity contribution in [2.75, 3.05) is 24.6 Å². The van der Waals surface area contributed by atoms with E-state index in [1.54, 1.807) is 21.6 Å². The maximum absolute atomic E-state index is 6.39. The molecule has 0 saturated heterocycles. The lowest BCUT2D eigenvalue weighted by Crippen LogP contribution is -2.56. The molecule has 0 aromatic carbocycles. The van der Waals surface area contributed by atoms with E-state index < -0.39 is 0 Å². The monoisotopic (exact) mass is 530 g/mol. The van der Waals surface area contributed by atoms with Crippen LogP contribution in [0.3, 0.4) is 0 Å². The summed E-state index contributed by atoms with van der Waals surface area (Å²) in [5.74, 6) is 5.03. The van der Waals surface area contributed by atoms with Crippen LogP contribution in [-0.2, 0) is 0 Å². The van der Waals surface area contributed by atoms with Gasteiger partial charge in [0.1, 0.15) is 11.7 Å². The third-order valence-electron chi connectivity index (χ3n) is 11.2. The molecule has 4 N–H and O–H groups in total. The van der Waals surface area contributed by atoms with Crippen molar-refractivity contribution in [2.45, 2.75) is 105 Å². The molecule has 8 bridgehead atoms. The summed E-state index contributed by atoms with van der Waals surface area (Å²) in [5, 5.41) is 0. The number of nitrogens with zero attached hydrogens (tertiary/aromatic N) is 2. The van der Waals surface area contributed by atoms with Crippen LogP contribution in [0.1, 0.15) is 105 Å². The van der Waals surface area contributed by atoms with Crippen molar-refractivity contribution >= 4 is 33.3 Å². The summed E-state index contributed by atoms with van der Waals surface area (Å²) in [5.41, 5.74) is 15.8. The van der Waals surface area contributed by atoms with Gasteiger partial charge in [0, 0.05) is 13.1 Å². The lowest BCUT2D eigenvalue weighted by molar-refractivity contribution is -0.140. The van der Waals surface area contributed by atoms with Crippen LogP contribution in [0, 0.1) is 44.3 Å². The van der Waals surface area contributed by atoms with Gasteiger partial charge in [0.15, 0.2) is 0 Å². The first-order valence-electron chi connectivity index (χ1n) is 14.6. The predicted octanol–water partition coefficient (Wildman–Crippen LogP) is 7.08. The zero-order valence-corrected chi connectivity index (χ0v) is 25.0. The third kappa shape index (κ3) is 5.00. The molecular formula is C30H50N4S2. The summed E-state index contributed by atoms with van der Waals surface area (Å²) in [6, 6.07) is 0. The zero-order valence-electron chi connectivity index (χ0n) is 23.3. The Kier molecular flexibility index (Phi) is 6.16. The molecule has 8 rings (SSSR count). The second-order valence-electron chi connectivity index (χ2n) is 16.4. The van der Waals surface area contributed by atoms with Gasteiger partial charge in [-0.25, -0.2) is 0 Å². The Morgan fingerprint density at radius 2 is 0.917 bits per heavy atom. The van der Waals surface area contributed by atoms with E-state index in [1.165, 1.54) is 77.0 Å². The van der Waals surface area contributed by atoms with Crippen molar-refractivity contribution < 1.29 is 0 Å². The number of aliphatic imine (C=N–C) groups is 2. The summed E-state index contributed by atoms with van der Waals surface area (Å²) in [6.45, 7) is 12.0. The fourth-order valence-corrected chi connectivity index (χ4v) is 14.4. The van der Waals surface area contributed by atoms with Gasteiger partial charge in [-0.05, 0) is 121 Å². The second-order valence-corrected chi connectivity index (χ2v) is 18.9. The lowest BCUT2D eigenvalue weighted by Gasteiger charge is -2.65. The Balaban J connectivity index is 0.963. The molecule has 202 valence electrons. The lowest BCUT2D eigenvalue weighted by atomic mass is 9.40. The SMILES string of the molecule is CC12CC3CC(C)(C1)CC(CN=C(N)CSSCC(N)=NCC14CC5CC(C)(CC(C)(C5)C1)C4)(C3)C2. The van der Waals surface area contributed by atoms with Gasteiger partial charge in [0.05, 0.1) is 11.5 Å². The first-order valence-corrected chi connectivity index (χ1v) is 17.1. The highest BCUT2D eigenvalue weighted by Gasteiger charge is 2.61. The van der Waals surface area contributed by atoms with Gasteiger partial charge < -0.3 is 11.5 Å². The van der Waals surface area contributed by atoms with E-state index in [4.69, 9.17) is 21.5 Å². The molecular weight excluding hydrogens is 480 g/mol. The molecule has 36 heavy (non-hydrogen) atoms. The van der Waals surface area contributed by atoms with Crippen LogP contribution >= 0.6 is 21.6 Å². The Morgan fingerprint density at radius 1 is 0.583 bits per heavy atom. The van der Waals surface area contributed by atoms with Crippen LogP contribution in [0.2, 0.25) is 0 Å². The van der Waals surface area contributed by atoms with Gasteiger partial charge >= 0.3 is 0 Å². The summed E-state index contributed by atoms with van der Waals surface area (Å²) >= 11 is 0. The molecule has 8 fully saturated rings. The highest BCUT2D eigenvalue weighted by Crippen LogP contribution is 2.70. The van der Waals surface area contributed by atoms with Crippen LogP contribution in [0.4, 0.5) is 0 Å². The van der Waals surface area contributed by atoms with E-state index >= 15 is 0 Å². The van der Waals surface area contributed by atoms with Gasteiger partial charge in [-0.2, -0.15) is 0 Å². The zero-order chi connectivity index (χ0) is 25.5. The van der Waals surface area contributed by atoms with Gasteiger partial charge in [0.25, 0.3) is 0 Å². The average Bonchev–Trinajstić information content (AvgIpc) is 2.69. The normalized spacial score (nSPS) is 51.3. The summed E-state index contributed by atoms with van der Waals surface area (Å²) in [6.07, 6.45) is 16.8. The number of hydrogen-bond donors (Lipinski definition) is 2. The first kappa shape index (κ1) is 25.9. The molecule has 0 radical (unpaired) electrons. The quantitative estimate of drug-likeness (QED) is 0.145. The molecule has 8 aliphatic carbocycles. The van der Waals surface area contributed by atoms with Gasteiger partial charge in [-0.15, -0.1) is 0 Å². The maximum atomic E-state index is 6.39. The van der Waals surface area contributed by atoms with Crippen LogP contribution in [0.5, 0.6) is 0 Å². The van der Waals surface area contributed by atoms with Gasteiger partial charge in [0.2, 0.25) is 0 Å². The van der Waals surface area contributed by atoms with E-state index in [-0.39, 0.29) is 0 Å². The number of hydrogen-bond acceptors (Lipinski definition) is 4. The molecule has 4 unspecified atom stereocenters. The molecule has 4 nitrogen and oxygen atoms in total. The Morgan fingerprint density at radius 3 is 1.22 bits per heavy atom. The molecule has 0 aromatic rings. The van der Waals surface area contributed by atoms with E-state index in [0.717, 1.165) is 48.1 Å². The van der Waals surface area contributed by atoms with Crippen LogP contribution < -0.4 is 11.5 Å². The number of rotatable bonds is 9. The van der Waals surface area contributed by atoms with E-state index in [1.807, 2.05) is 0 Å². The van der Waals surface area contributed by atoms with Crippen LogP contribution in [-0.4, -0.2) is 36.3 Å². The molecule has 6 heteroatoms. The maximum Gasteiger partial charge on any atom is 0.105 e. The first-order chi connectivity index (χ1) is 16.8. The Bertz CT molecular complexity index is 847. The fourth-order valence-electron chi connectivity index (χ4n) is 12.6. The summed E-state index contributed by atoms with van der Waals surface area (Å²) < 4.78 is 0. The molecule has 0 aliphatic heterocycles. The molecule has 0 heterocycles. The van der Waals surface area contributed by atoms with Crippen molar-refractivity contribution in [2.24, 2.45) is 65.8 Å². The van der Waals surface area contributed by atoms with Crippen LogP contribution in [0.25, 0.3) is 0 Å². The number of amidine groups is 2. The molecule has 4 atom stereocenters. The van der Waals surface area contributed by atoms with Crippen molar-refractivity contribution in [1.82, 2.24) is 0 Å². The van der Waals surface area contributed by atoms with Crippen molar-refractivity contribution in [3.63, 3.8) is 0 Å². The minimum absolute atomic E-state index is 0.411. The summed E-state index contributed by atoms with van der Waals surface area (Å²) in [4.78, 5) is 9.89. The Hall–Kier alpha value is -0.360. The topological polar surface area (TPSA) is 76.8 Å². The molecule has 8 aliphatic rings. The van der Waals surface area contributed by atoms with Gasteiger partial charge in [-0.3, -0.25) is 9.98 Å². The molecule has 8 saturated carbocycles. The molecule has 0 spiro atoms. The largest absolute Gasteiger partial charge is 0.387 e. The van der Waals surface area contributed by atoms with Crippen molar-refractivity contribution in [3.05, 3.63) is 0 Å². The number of nitrogens with two attached hydrogens (primary N) is 2. The minimum atomic E-state index is 0.411. The minimum Gasteiger partial charge on any atom is -0.387 e. The third-order valence-corrected chi connectivity index (χ3v) is 13.4. The second kappa shape index (κ2) is 8.57. The molecule has 0 aromatic heterocycles. The average molecular weight is 531 g/mol. The van der Waals surface area contributed by atoms with E-state index in [0.29, 0.717) is 32.5 Å². The fraction of sp³-hybridized carbons (Fsp3) is 0.933. The van der Waals surface area contributed by atoms with Crippen LogP contribution in [0.15, 0.2) is 9.98 Å². The predicted molar refractivity (Wildman–Crippen MR) is 158 cm³/mol.